The van der Waals surface area contributed by atoms with Gasteiger partial charge in [0.15, 0.2) is 6.04 Å². The van der Waals surface area contributed by atoms with E-state index in [9.17, 15) is 14.4 Å². The van der Waals surface area contributed by atoms with E-state index in [1.54, 1.807) is 0 Å². The van der Waals surface area contributed by atoms with Crippen LogP contribution in [-0.2, 0) is 9.59 Å². The first-order valence-electron chi connectivity index (χ1n) is 3.73. The van der Waals surface area contributed by atoms with Gasteiger partial charge in [0.1, 0.15) is 0 Å². The Morgan fingerprint density at radius 1 is 1.36 bits per heavy atom. The molecule has 1 heterocycles. The van der Waals surface area contributed by atoms with Crippen LogP contribution in [0.1, 0.15) is 0 Å². The Balaban J connectivity index is 2.68. The third-order valence-electron chi connectivity index (χ3n) is 1.52. The zero-order valence-electron chi connectivity index (χ0n) is 7.30. The Bertz CT molecular complexity index is 293. The predicted octanol–water partition coefficient (Wildman–Crippen LogP) is -2.54. The molecule has 0 bridgehead atoms. The summed E-state index contributed by atoms with van der Waals surface area (Å²) >= 11 is 0. The van der Waals surface area contributed by atoms with Crippen molar-refractivity contribution in [1.82, 2.24) is 21.3 Å². The highest BCUT2D eigenvalue weighted by Crippen LogP contribution is 1.90. The van der Waals surface area contributed by atoms with Crippen molar-refractivity contribution >= 4 is 23.8 Å². The Hall–Kier alpha value is -2.12. The number of carbonyl (C=O) groups excluding carboxylic acids is 3. The second-order valence-electron chi connectivity index (χ2n) is 2.51. The normalized spacial score (nSPS) is 20.9. The number of guanidine groups is 1. The van der Waals surface area contributed by atoms with Crippen molar-refractivity contribution in [3.8, 4) is 0 Å². The van der Waals surface area contributed by atoms with Crippen LogP contribution in [0.3, 0.4) is 0 Å². The molecule has 8 heteroatoms. The predicted molar refractivity (Wildman–Crippen MR) is 45.4 cm³/mol. The van der Waals surface area contributed by atoms with Gasteiger partial charge in [-0.25, -0.2) is 4.79 Å². The fourth-order valence-corrected chi connectivity index (χ4v) is 0.875. The standard InChI is InChI=1S/C6H9N5O3/c1-8-6(14)9-2-3(12)10-5(7)11-4(2)13/h2H,1H3,(H2,8,9,14)(H3,7,10,11,12,13). The van der Waals surface area contributed by atoms with Crippen LogP contribution >= 0.6 is 0 Å². The van der Waals surface area contributed by atoms with Gasteiger partial charge in [0.25, 0.3) is 11.8 Å². The summed E-state index contributed by atoms with van der Waals surface area (Å²) in [7, 11) is 1.36. The van der Waals surface area contributed by atoms with E-state index in [4.69, 9.17) is 5.41 Å². The van der Waals surface area contributed by atoms with E-state index >= 15 is 0 Å². The fraction of sp³-hybridized carbons (Fsp3) is 0.333. The average Bonchev–Trinajstić information content (AvgIpc) is 2.10. The number of rotatable bonds is 1. The molecule has 1 rings (SSSR count). The number of carbonyl (C=O) groups is 3. The monoisotopic (exact) mass is 199 g/mol. The molecule has 14 heavy (non-hydrogen) atoms. The molecular formula is C6H9N5O3. The summed E-state index contributed by atoms with van der Waals surface area (Å²) in [6.07, 6.45) is 0. The van der Waals surface area contributed by atoms with Crippen molar-refractivity contribution in [1.29, 1.82) is 5.41 Å². The van der Waals surface area contributed by atoms with Gasteiger partial charge in [0, 0.05) is 7.05 Å². The van der Waals surface area contributed by atoms with E-state index in [0.717, 1.165) is 0 Å². The highest BCUT2D eigenvalue weighted by Gasteiger charge is 2.33. The summed E-state index contributed by atoms with van der Waals surface area (Å²) in [6.45, 7) is 0. The van der Waals surface area contributed by atoms with Crippen LogP contribution in [0.15, 0.2) is 0 Å². The topological polar surface area (TPSA) is 123 Å². The fourth-order valence-electron chi connectivity index (χ4n) is 0.875. The second kappa shape index (κ2) is 3.73. The first-order valence-corrected chi connectivity index (χ1v) is 3.73. The Morgan fingerprint density at radius 2 is 1.86 bits per heavy atom. The molecule has 76 valence electrons. The molecule has 1 aliphatic rings. The minimum absolute atomic E-state index is 0.394. The van der Waals surface area contributed by atoms with Crippen LogP contribution in [0.4, 0.5) is 4.79 Å². The van der Waals surface area contributed by atoms with E-state index < -0.39 is 29.8 Å². The molecule has 1 aliphatic heterocycles. The summed E-state index contributed by atoms with van der Waals surface area (Å²) in [5, 5.41) is 15.4. The number of hydrogen-bond acceptors (Lipinski definition) is 4. The number of nitrogens with one attached hydrogen (secondary N) is 5. The largest absolute Gasteiger partial charge is 0.341 e. The number of hydrogen-bond donors (Lipinski definition) is 5. The van der Waals surface area contributed by atoms with E-state index in [2.05, 4.69) is 21.3 Å². The molecule has 0 radical (unpaired) electrons. The molecule has 5 N–H and O–H groups in total. The Morgan fingerprint density at radius 3 is 2.29 bits per heavy atom. The highest BCUT2D eigenvalue weighted by atomic mass is 16.2. The lowest BCUT2D eigenvalue weighted by Crippen LogP contribution is -2.65. The van der Waals surface area contributed by atoms with Crippen molar-refractivity contribution in [2.24, 2.45) is 0 Å². The number of urea groups is 1. The van der Waals surface area contributed by atoms with Gasteiger partial charge in [-0.05, 0) is 0 Å². The first-order chi connectivity index (χ1) is 6.54. The van der Waals surface area contributed by atoms with Crippen LogP contribution in [0.2, 0.25) is 0 Å². The van der Waals surface area contributed by atoms with Gasteiger partial charge in [0.2, 0.25) is 5.96 Å². The summed E-state index contributed by atoms with van der Waals surface area (Å²) in [5.74, 6) is -1.86. The van der Waals surface area contributed by atoms with Crippen molar-refractivity contribution in [2.75, 3.05) is 7.05 Å². The van der Waals surface area contributed by atoms with E-state index in [-0.39, 0.29) is 0 Å². The zero-order chi connectivity index (χ0) is 10.7. The first kappa shape index (κ1) is 9.96. The van der Waals surface area contributed by atoms with Crippen LogP contribution in [0.25, 0.3) is 0 Å². The molecule has 1 fully saturated rings. The minimum Gasteiger partial charge on any atom is -0.341 e. The molecular weight excluding hydrogens is 190 g/mol. The molecule has 1 saturated heterocycles. The molecule has 0 aromatic rings. The van der Waals surface area contributed by atoms with E-state index in [1.807, 2.05) is 0 Å². The molecule has 0 aromatic heterocycles. The minimum atomic E-state index is -1.30. The van der Waals surface area contributed by atoms with Gasteiger partial charge >= 0.3 is 6.03 Å². The van der Waals surface area contributed by atoms with Gasteiger partial charge in [-0.3, -0.25) is 25.6 Å². The number of amides is 4. The summed E-state index contributed by atoms with van der Waals surface area (Å²) in [5.41, 5.74) is 0. The Kier molecular flexibility index (Phi) is 2.65. The van der Waals surface area contributed by atoms with Crippen molar-refractivity contribution in [2.45, 2.75) is 6.04 Å². The lowest BCUT2D eigenvalue weighted by Gasteiger charge is -2.22. The second-order valence-corrected chi connectivity index (χ2v) is 2.51. The quantitative estimate of drug-likeness (QED) is 0.299. The van der Waals surface area contributed by atoms with Crippen LogP contribution in [0.5, 0.6) is 0 Å². The molecule has 0 spiro atoms. The highest BCUT2D eigenvalue weighted by molar-refractivity contribution is 6.20. The van der Waals surface area contributed by atoms with Crippen molar-refractivity contribution in [3.63, 3.8) is 0 Å². The molecule has 0 saturated carbocycles. The van der Waals surface area contributed by atoms with Gasteiger partial charge in [-0.1, -0.05) is 0 Å². The van der Waals surface area contributed by atoms with Crippen molar-refractivity contribution < 1.29 is 14.4 Å². The van der Waals surface area contributed by atoms with Gasteiger partial charge in [-0.15, -0.1) is 0 Å². The van der Waals surface area contributed by atoms with Gasteiger partial charge in [-0.2, -0.15) is 0 Å². The van der Waals surface area contributed by atoms with Crippen LogP contribution in [-0.4, -0.2) is 36.9 Å². The van der Waals surface area contributed by atoms with Crippen LogP contribution < -0.4 is 21.3 Å². The lowest BCUT2D eigenvalue weighted by atomic mass is 10.2. The van der Waals surface area contributed by atoms with Gasteiger partial charge < -0.3 is 10.6 Å². The lowest BCUT2D eigenvalue weighted by molar-refractivity contribution is -0.132. The summed E-state index contributed by atoms with van der Waals surface area (Å²) < 4.78 is 0. The van der Waals surface area contributed by atoms with E-state index in [0.29, 0.717) is 0 Å². The molecule has 0 unspecified atom stereocenters. The average molecular weight is 199 g/mol. The van der Waals surface area contributed by atoms with E-state index in [1.165, 1.54) is 7.05 Å². The third-order valence-corrected chi connectivity index (χ3v) is 1.52. The molecule has 0 aliphatic carbocycles. The maximum Gasteiger partial charge on any atom is 0.315 e. The SMILES string of the molecule is CNC(=O)NC1C(=O)NC(=N)NC1=O. The maximum atomic E-state index is 11.1. The van der Waals surface area contributed by atoms with Crippen LogP contribution in [0, 0.1) is 5.41 Å². The zero-order valence-corrected chi connectivity index (χ0v) is 7.30. The summed E-state index contributed by atoms with van der Waals surface area (Å²) in [4.78, 5) is 33.0. The molecule has 8 nitrogen and oxygen atoms in total. The van der Waals surface area contributed by atoms with Crippen molar-refractivity contribution in [3.05, 3.63) is 0 Å². The summed E-state index contributed by atoms with van der Waals surface area (Å²) in [6, 6.07) is -1.95. The van der Waals surface area contributed by atoms with Gasteiger partial charge in [0.05, 0.1) is 0 Å². The molecule has 4 amide bonds. The molecule has 0 aromatic carbocycles. The maximum absolute atomic E-state index is 11.1. The third kappa shape index (κ3) is 1.97. The smallest absolute Gasteiger partial charge is 0.315 e. The molecule has 0 atom stereocenters. The Labute approximate surface area is 78.9 Å².